The van der Waals surface area contributed by atoms with Crippen LogP contribution in [0, 0.1) is 11.7 Å². The molecule has 30 heavy (non-hydrogen) atoms. The van der Waals surface area contributed by atoms with Crippen LogP contribution in [0.25, 0.3) is 10.6 Å². The molecule has 1 fully saturated rings. The first-order valence-corrected chi connectivity index (χ1v) is 12.1. The van der Waals surface area contributed by atoms with E-state index in [1.165, 1.54) is 61.0 Å². The second kappa shape index (κ2) is 10.3. The Balaban J connectivity index is 1.33. The van der Waals surface area contributed by atoms with Crippen molar-refractivity contribution in [3.8, 4) is 10.6 Å². The number of likely N-dealkylation sites (tertiary alicyclic amines) is 1. The van der Waals surface area contributed by atoms with Crippen LogP contribution in [0.15, 0.2) is 54.0 Å². The fourth-order valence-corrected chi connectivity index (χ4v) is 5.13. The first kappa shape index (κ1) is 21.2. The zero-order valence-corrected chi connectivity index (χ0v) is 18.6. The molecule has 2 heterocycles. The van der Waals surface area contributed by atoms with Crippen molar-refractivity contribution in [2.24, 2.45) is 5.92 Å². The van der Waals surface area contributed by atoms with Gasteiger partial charge in [-0.3, -0.25) is 0 Å². The smallest absolute Gasteiger partial charge is 0.123 e. The van der Waals surface area contributed by atoms with Crippen LogP contribution >= 0.6 is 11.3 Å². The van der Waals surface area contributed by atoms with Gasteiger partial charge in [0, 0.05) is 23.7 Å². The van der Waals surface area contributed by atoms with E-state index < -0.39 is 0 Å². The fourth-order valence-electron chi connectivity index (χ4n) is 4.49. The highest BCUT2D eigenvalue weighted by atomic mass is 32.1. The lowest BCUT2D eigenvalue weighted by Gasteiger charge is -2.32. The number of hydrogen-bond acceptors (Lipinski definition) is 3. The van der Waals surface area contributed by atoms with Crippen molar-refractivity contribution in [3.05, 3.63) is 76.5 Å². The van der Waals surface area contributed by atoms with E-state index in [0.717, 1.165) is 30.3 Å². The number of nitrogens with zero attached hydrogens (tertiary/aromatic N) is 2. The summed E-state index contributed by atoms with van der Waals surface area (Å²) in [5, 5.41) is 3.17. The average molecular weight is 423 g/mol. The highest BCUT2D eigenvalue weighted by Crippen LogP contribution is 2.29. The van der Waals surface area contributed by atoms with Gasteiger partial charge in [-0.15, -0.1) is 11.3 Å². The monoisotopic (exact) mass is 422 g/mol. The summed E-state index contributed by atoms with van der Waals surface area (Å²) in [6.45, 7) is 5.67. The Kier molecular flexibility index (Phi) is 7.29. The van der Waals surface area contributed by atoms with E-state index >= 15 is 0 Å². The van der Waals surface area contributed by atoms with Crippen molar-refractivity contribution in [1.82, 2.24) is 9.88 Å². The maximum atomic E-state index is 13.1. The Morgan fingerprint density at radius 1 is 1.03 bits per heavy atom. The van der Waals surface area contributed by atoms with Gasteiger partial charge in [-0.1, -0.05) is 37.6 Å². The van der Waals surface area contributed by atoms with Crippen LogP contribution in [0.5, 0.6) is 0 Å². The second-order valence-electron chi connectivity index (χ2n) is 8.44. The molecule has 0 unspecified atom stereocenters. The van der Waals surface area contributed by atoms with Crippen molar-refractivity contribution in [3.63, 3.8) is 0 Å². The van der Waals surface area contributed by atoms with Crippen molar-refractivity contribution in [2.45, 2.75) is 45.4 Å². The SMILES string of the molecule is CCCc1ccc(-c2nccs2)cc1CC1CCN(CCc2ccc(F)cc2)CC1. The van der Waals surface area contributed by atoms with Gasteiger partial charge in [0.25, 0.3) is 0 Å². The lowest BCUT2D eigenvalue weighted by molar-refractivity contribution is 0.186. The lowest BCUT2D eigenvalue weighted by Crippen LogP contribution is -2.35. The standard InChI is InChI=1S/C26H31FN2S/c1-2-3-22-6-7-23(26-28-13-17-30-26)19-24(22)18-21-11-15-29(16-12-21)14-10-20-4-8-25(27)9-5-20/h4-9,13,17,19,21H,2-3,10-12,14-16,18H2,1H3. The summed E-state index contributed by atoms with van der Waals surface area (Å²) >= 11 is 1.72. The van der Waals surface area contributed by atoms with Gasteiger partial charge in [-0.25, -0.2) is 9.37 Å². The van der Waals surface area contributed by atoms with Gasteiger partial charge in [0.1, 0.15) is 10.8 Å². The third kappa shape index (κ3) is 5.55. The van der Waals surface area contributed by atoms with E-state index in [9.17, 15) is 4.39 Å². The Hall–Kier alpha value is -2.04. The zero-order valence-electron chi connectivity index (χ0n) is 17.8. The minimum atomic E-state index is -0.152. The molecule has 0 saturated carbocycles. The minimum absolute atomic E-state index is 0.152. The summed E-state index contributed by atoms with van der Waals surface area (Å²) in [4.78, 5) is 7.07. The van der Waals surface area contributed by atoms with Gasteiger partial charge >= 0.3 is 0 Å². The summed E-state index contributed by atoms with van der Waals surface area (Å²) in [7, 11) is 0. The quantitative estimate of drug-likeness (QED) is 0.418. The number of aromatic nitrogens is 1. The van der Waals surface area contributed by atoms with Gasteiger partial charge in [0.2, 0.25) is 0 Å². The van der Waals surface area contributed by atoms with Gasteiger partial charge < -0.3 is 4.90 Å². The van der Waals surface area contributed by atoms with E-state index in [1.54, 1.807) is 23.5 Å². The average Bonchev–Trinajstić information content (AvgIpc) is 3.31. The molecular weight excluding hydrogens is 391 g/mol. The maximum absolute atomic E-state index is 13.1. The molecule has 4 heteroatoms. The van der Waals surface area contributed by atoms with Crippen LogP contribution in [0.2, 0.25) is 0 Å². The molecule has 0 atom stereocenters. The van der Waals surface area contributed by atoms with E-state index in [4.69, 9.17) is 0 Å². The van der Waals surface area contributed by atoms with E-state index in [2.05, 4.69) is 40.4 Å². The van der Waals surface area contributed by atoms with Crippen LogP contribution < -0.4 is 0 Å². The Bertz CT molecular complexity index is 913. The van der Waals surface area contributed by atoms with Crippen LogP contribution in [-0.4, -0.2) is 29.5 Å². The highest BCUT2D eigenvalue weighted by molar-refractivity contribution is 7.13. The number of rotatable bonds is 8. The first-order valence-electron chi connectivity index (χ1n) is 11.2. The molecule has 1 aliphatic heterocycles. The summed E-state index contributed by atoms with van der Waals surface area (Å²) in [6.07, 6.45) is 8.94. The Morgan fingerprint density at radius 3 is 2.53 bits per heavy atom. The predicted molar refractivity (Wildman–Crippen MR) is 125 cm³/mol. The van der Waals surface area contributed by atoms with Gasteiger partial charge in [0.05, 0.1) is 0 Å². The number of benzene rings is 2. The van der Waals surface area contributed by atoms with Crippen LogP contribution in [0.3, 0.4) is 0 Å². The molecule has 0 N–H and O–H groups in total. The topological polar surface area (TPSA) is 16.1 Å². The lowest BCUT2D eigenvalue weighted by atomic mass is 9.87. The molecule has 2 nitrogen and oxygen atoms in total. The molecule has 0 bridgehead atoms. The third-order valence-corrected chi connectivity index (χ3v) is 7.07. The van der Waals surface area contributed by atoms with Crippen molar-refractivity contribution >= 4 is 11.3 Å². The molecule has 0 aliphatic carbocycles. The molecular formula is C26H31FN2S. The van der Waals surface area contributed by atoms with E-state index in [0.29, 0.717) is 0 Å². The van der Waals surface area contributed by atoms with Gasteiger partial charge in [-0.2, -0.15) is 0 Å². The first-order chi connectivity index (χ1) is 14.7. The molecule has 1 saturated heterocycles. The van der Waals surface area contributed by atoms with Gasteiger partial charge in [0.15, 0.2) is 0 Å². The van der Waals surface area contributed by atoms with Crippen LogP contribution in [-0.2, 0) is 19.3 Å². The van der Waals surface area contributed by atoms with Crippen LogP contribution in [0.4, 0.5) is 4.39 Å². The largest absolute Gasteiger partial charge is 0.303 e. The van der Waals surface area contributed by atoms with E-state index in [1.807, 2.05) is 18.3 Å². The normalized spacial score (nSPS) is 15.5. The van der Waals surface area contributed by atoms with Crippen molar-refractivity contribution < 1.29 is 4.39 Å². The summed E-state index contributed by atoms with van der Waals surface area (Å²) in [5.41, 5.74) is 5.52. The predicted octanol–water partition coefficient (Wildman–Crippen LogP) is 6.40. The number of hydrogen-bond donors (Lipinski definition) is 0. The number of piperidine rings is 1. The Morgan fingerprint density at radius 2 is 1.83 bits per heavy atom. The highest BCUT2D eigenvalue weighted by Gasteiger charge is 2.20. The molecule has 0 amide bonds. The van der Waals surface area contributed by atoms with Crippen LogP contribution in [0.1, 0.15) is 42.9 Å². The molecule has 158 valence electrons. The van der Waals surface area contributed by atoms with Gasteiger partial charge in [-0.05, 0) is 86.0 Å². The molecule has 2 aromatic carbocycles. The Labute approximate surface area is 183 Å². The number of halogens is 1. The minimum Gasteiger partial charge on any atom is -0.303 e. The van der Waals surface area contributed by atoms with Crippen molar-refractivity contribution in [2.75, 3.05) is 19.6 Å². The zero-order chi connectivity index (χ0) is 20.8. The molecule has 4 rings (SSSR count). The summed E-state index contributed by atoms with van der Waals surface area (Å²) in [6, 6.07) is 13.9. The molecule has 3 aromatic rings. The molecule has 1 aliphatic rings. The second-order valence-corrected chi connectivity index (χ2v) is 9.33. The molecule has 1 aromatic heterocycles. The summed E-state index contributed by atoms with van der Waals surface area (Å²) in [5.74, 6) is 0.607. The molecule has 0 spiro atoms. The third-order valence-electron chi connectivity index (χ3n) is 6.25. The summed E-state index contributed by atoms with van der Waals surface area (Å²) < 4.78 is 13.1. The van der Waals surface area contributed by atoms with E-state index in [-0.39, 0.29) is 5.82 Å². The fraction of sp³-hybridized carbons (Fsp3) is 0.423. The molecule has 0 radical (unpaired) electrons. The van der Waals surface area contributed by atoms with Crippen molar-refractivity contribution in [1.29, 1.82) is 0 Å². The maximum Gasteiger partial charge on any atom is 0.123 e. The number of thiazole rings is 1. The number of aryl methyl sites for hydroxylation is 1.